The maximum absolute atomic E-state index is 13.2. The zero-order chi connectivity index (χ0) is 17.3. The van der Waals surface area contributed by atoms with Gasteiger partial charge in [-0.15, -0.1) is 0 Å². The van der Waals surface area contributed by atoms with Crippen LogP contribution in [0.4, 0.5) is 5.69 Å². The number of hydrogen-bond acceptors (Lipinski definition) is 2. The molecule has 0 radical (unpaired) electrons. The summed E-state index contributed by atoms with van der Waals surface area (Å²) in [5.41, 5.74) is 0.631. The first-order chi connectivity index (χ1) is 12.1. The number of fused-ring (bicyclic) bond motifs is 8. The summed E-state index contributed by atoms with van der Waals surface area (Å²) in [6.45, 7) is 2.08. The third-order valence-corrected chi connectivity index (χ3v) is 7.47. The van der Waals surface area contributed by atoms with Crippen LogP contribution in [0, 0.1) is 41.4 Å². The maximum atomic E-state index is 13.2. The first kappa shape index (κ1) is 15.6. The monoisotopic (exact) mass is 355 g/mol. The van der Waals surface area contributed by atoms with Crippen LogP contribution in [0.5, 0.6) is 0 Å². The lowest BCUT2D eigenvalue weighted by atomic mass is 9.68. The Morgan fingerprint density at radius 2 is 1.84 bits per heavy atom. The molecular formula is C21H22ClNO2. The number of carbonyl (C=O) groups is 2. The van der Waals surface area contributed by atoms with Gasteiger partial charge in [0, 0.05) is 5.02 Å². The Kier molecular flexibility index (Phi) is 3.40. The number of carbonyl (C=O) groups excluding carboxylic acids is 2. The average molecular weight is 356 g/mol. The van der Waals surface area contributed by atoms with Gasteiger partial charge in [-0.1, -0.05) is 29.8 Å². The van der Waals surface area contributed by atoms with E-state index in [0.717, 1.165) is 6.42 Å². The van der Waals surface area contributed by atoms with Crippen molar-refractivity contribution in [3.63, 3.8) is 0 Å². The van der Waals surface area contributed by atoms with Gasteiger partial charge in [-0.3, -0.25) is 9.59 Å². The van der Waals surface area contributed by atoms with Crippen molar-refractivity contribution in [3.05, 3.63) is 41.4 Å². The van der Waals surface area contributed by atoms with Crippen LogP contribution in [-0.4, -0.2) is 11.8 Å². The Labute approximate surface area is 153 Å². The Morgan fingerprint density at radius 1 is 1.08 bits per heavy atom. The molecule has 1 heterocycles. The molecule has 1 aromatic carbocycles. The Morgan fingerprint density at radius 3 is 2.56 bits per heavy atom. The summed E-state index contributed by atoms with van der Waals surface area (Å²) >= 11 is 6.08. The molecule has 0 spiro atoms. The van der Waals surface area contributed by atoms with Crippen LogP contribution in [0.25, 0.3) is 0 Å². The van der Waals surface area contributed by atoms with Gasteiger partial charge in [-0.05, 0) is 74.0 Å². The summed E-state index contributed by atoms with van der Waals surface area (Å²) in [4.78, 5) is 27.8. The molecule has 130 valence electrons. The summed E-state index contributed by atoms with van der Waals surface area (Å²) in [6.07, 6.45) is 7.97. The van der Waals surface area contributed by atoms with Gasteiger partial charge in [0.15, 0.2) is 0 Å². The van der Waals surface area contributed by atoms with Crippen LogP contribution in [0.15, 0.2) is 36.4 Å². The number of rotatable bonds is 2. The van der Waals surface area contributed by atoms with E-state index in [-0.39, 0.29) is 23.7 Å². The van der Waals surface area contributed by atoms with Crippen LogP contribution < -0.4 is 4.90 Å². The molecule has 4 aliphatic rings. The molecule has 7 atom stereocenters. The molecule has 3 saturated carbocycles. The third kappa shape index (κ3) is 1.99. The molecule has 7 unspecified atom stereocenters. The molecule has 4 fully saturated rings. The van der Waals surface area contributed by atoms with E-state index in [1.54, 1.807) is 18.2 Å². The largest absolute Gasteiger partial charge is 0.274 e. The van der Waals surface area contributed by atoms with Crippen molar-refractivity contribution in [1.82, 2.24) is 0 Å². The van der Waals surface area contributed by atoms with Gasteiger partial charge in [0.1, 0.15) is 0 Å². The third-order valence-electron chi connectivity index (χ3n) is 7.24. The molecule has 0 aromatic heterocycles. The summed E-state index contributed by atoms with van der Waals surface area (Å²) in [6, 6.07) is 7.11. The predicted octanol–water partition coefficient (Wildman–Crippen LogP) is 4.31. The number of halogens is 1. The molecule has 2 amide bonds. The highest BCUT2D eigenvalue weighted by atomic mass is 35.5. The zero-order valence-corrected chi connectivity index (χ0v) is 15.0. The molecule has 5 rings (SSSR count). The minimum atomic E-state index is -0.108. The number of benzene rings is 1. The van der Waals surface area contributed by atoms with Crippen molar-refractivity contribution in [1.29, 1.82) is 0 Å². The van der Waals surface area contributed by atoms with Crippen molar-refractivity contribution in [2.75, 3.05) is 4.90 Å². The van der Waals surface area contributed by atoms with E-state index in [1.807, 2.05) is 6.07 Å². The van der Waals surface area contributed by atoms with Crippen LogP contribution in [0.2, 0.25) is 5.02 Å². The minimum absolute atomic E-state index is 0.00865. The quantitative estimate of drug-likeness (QED) is 0.585. The molecule has 1 aliphatic heterocycles. The standard InChI is InChI=1S/C21H22ClNO2/c1-2-4-11-7-8-14-15-10-16(17(11)14)19-18(15)20(24)23(21(19)25)13-6-3-5-12(22)9-13/h2-6,9,11,14-19H,7-8,10H2,1H3/b4-2-. The second kappa shape index (κ2) is 5.44. The van der Waals surface area contributed by atoms with Crippen molar-refractivity contribution in [2.45, 2.75) is 26.2 Å². The first-order valence-electron chi connectivity index (χ1n) is 9.38. The lowest BCUT2D eigenvalue weighted by Crippen LogP contribution is -2.36. The summed E-state index contributed by atoms with van der Waals surface area (Å²) in [5, 5.41) is 0.558. The number of nitrogens with zero attached hydrogens (tertiary/aromatic N) is 1. The second-order valence-corrected chi connectivity index (χ2v) is 8.55. The normalized spacial score (nSPS) is 41.8. The van der Waals surface area contributed by atoms with Crippen molar-refractivity contribution < 1.29 is 9.59 Å². The number of hydrogen-bond donors (Lipinski definition) is 0. The SMILES string of the molecule is C/C=C\C1CCC2C3CC(C4C(=O)N(c5cccc(Cl)c5)C(=O)C34)C12. The highest BCUT2D eigenvalue weighted by Gasteiger charge is 2.68. The second-order valence-electron chi connectivity index (χ2n) is 8.11. The van der Waals surface area contributed by atoms with Crippen LogP contribution >= 0.6 is 11.6 Å². The van der Waals surface area contributed by atoms with Gasteiger partial charge < -0.3 is 0 Å². The van der Waals surface area contributed by atoms with E-state index < -0.39 is 0 Å². The van der Waals surface area contributed by atoms with Gasteiger partial charge >= 0.3 is 0 Å². The fourth-order valence-electron chi connectivity index (χ4n) is 6.62. The number of allylic oxidation sites excluding steroid dienone is 2. The molecule has 4 heteroatoms. The van der Waals surface area contributed by atoms with Crippen molar-refractivity contribution >= 4 is 29.1 Å². The molecule has 1 aromatic rings. The van der Waals surface area contributed by atoms with Gasteiger partial charge in [0.25, 0.3) is 0 Å². The molecule has 1 saturated heterocycles. The Hall–Kier alpha value is -1.61. The topological polar surface area (TPSA) is 37.4 Å². The van der Waals surface area contributed by atoms with Gasteiger partial charge in [0.2, 0.25) is 11.8 Å². The highest BCUT2D eigenvalue weighted by Crippen LogP contribution is 2.67. The van der Waals surface area contributed by atoms with E-state index in [0.29, 0.717) is 40.3 Å². The fourth-order valence-corrected chi connectivity index (χ4v) is 6.81. The van der Waals surface area contributed by atoms with Crippen LogP contribution in [-0.2, 0) is 9.59 Å². The van der Waals surface area contributed by atoms with Gasteiger partial charge in [-0.25, -0.2) is 4.90 Å². The first-order valence-corrected chi connectivity index (χ1v) is 9.76. The Bertz CT molecular complexity index is 788. The minimum Gasteiger partial charge on any atom is -0.274 e. The summed E-state index contributed by atoms with van der Waals surface area (Å²) in [7, 11) is 0. The van der Waals surface area contributed by atoms with Gasteiger partial charge in [-0.2, -0.15) is 0 Å². The molecular weight excluding hydrogens is 334 g/mol. The van der Waals surface area contributed by atoms with E-state index in [2.05, 4.69) is 19.1 Å². The van der Waals surface area contributed by atoms with Crippen molar-refractivity contribution in [2.24, 2.45) is 41.4 Å². The fraction of sp³-hybridized carbons (Fsp3) is 0.524. The van der Waals surface area contributed by atoms with E-state index >= 15 is 0 Å². The molecule has 0 N–H and O–H groups in total. The number of amides is 2. The number of anilines is 1. The maximum Gasteiger partial charge on any atom is 0.237 e. The number of imide groups is 1. The van der Waals surface area contributed by atoms with E-state index in [1.165, 1.54) is 17.7 Å². The zero-order valence-electron chi connectivity index (χ0n) is 14.3. The van der Waals surface area contributed by atoms with E-state index in [4.69, 9.17) is 11.6 Å². The summed E-state index contributed by atoms with van der Waals surface area (Å²) in [5.74, 6) is 2.41. The molecule has 3 nitrogen and oxygen atoms in total. The van der Waals surface area contributed by atoms with Crippen LogP contribution in [0.3, 0.4) is 0 Å². The predicted molar refractivity (Wildman–Crippen MR) is 97.0 cm³/mol. The molecule has 25 heavy (non-hydrogen) atoms. The highest BCUT2D eigenvalue weighted by molar-refractivity contribution is 6.31. The Balaban J connectivity index is 1.51. The van der Waals surface area contributed by atoms with Crippen molar-refractivity contribution in [3.8, 4) is 0 Å². The summed E-state index contributed by atoms with van der Waals surface area (Å²) < 4.78 is 0. The lowest BCUT2D eigenvalue weighted by molar-refractivity contribution is -0.123. The smallest absolute Gasteiger partial charge is 0.237 e. The lowest BCUT2D eigenvalue weighted by Gasteiger charge is -2.33. The van der Waals surface area contributed by atoms with E-state index in [9.17, 15) is 9.59 Å². The molecule has 2 bridgehead atoms. The average Bonchev–Trinajstić information content (AvgIpc) is 3.29. The van der Waals surface area contributed by atoms with Crippen LogP contribution in [0.1, 0.15) is 26.2 Å². The van der Waals surface area contributed by atoms with Gasteiger partial charge in [0.05, 0.1) is 17.5 Å². The molecule has 3 aliphatic carbocycles.